The van der Waals surface area contributed by atoms with Gasteiger partial charge in [-0.25, -0.2) is 0 Å². The van der Waals surface area contributed by atoms with Crippen molar-refractivity contribution in [3.8, 4) is 0 Å². The third-order valence-corrected chi connectivity index (χ3v) is 3.71. The third kappa shape index (κ3) is 2.03. The average molecular weight is 272 g/mol. The number of carbonyl (C=O) groups excluding carboxylic acids is 2. The molecule has 0 aliphatic carbocycles. The maximum absolute atomic E-state index is 12.6. The normalized spacial score (nSPS) is 15.7. The molecule has 0 bridgehead atoms. The molecule has 1 aliphatic rings. The Bertz CT molecular complexity index is 656. The average Bonchev–Trinajstić information content (AvgIpc) is 2.84. The summed E-state index contributed by atoms with van der Waals surface area (Å²) in [7, 11) is 1.84. The number of nitrogens with zero attached hydrogens (tertiary/aromatic N) is 4. The minimum Gasteiger partial charge on any atom is -0.342 e. The summed E-state index contributed by atoms with van der Waals surface area (Å²) in [6.45, 7) is 2.28. The van der Waals surface area contributed by atoms with E-state index < -0.39 is 0 Å². The molecule has 6 heteroatoms. The number of aromatic nitrogens is 2. The van der Waals surface area contributed by atoms with Crippen molar-refractivity contribution < 1.29 is 9.59 Å². The van der Waals surface area contributed by atoms with E-state index in [0.717, 1.165) is 17.3 Å². The van der Waals surface area contributed by atoms with Gasteiger partial charge in [-0.05, 0) is 6.07 Å². The first-order valence-electron chi connectivity index (χ1n) is 6.61. The van der Waals surface area contributed by atoms with Crippen molar-refractivity contribution in [2.24, 2.45) is 7.05 Å². The molecule has 104 valence electrons. The molecule has 1 fully saturated rings. The van der Waals surface area contributed by atoms with Crippen LogP contribution in [0.3, 0.4) is 0 Å². The molecule has 0 N–H and O–H groups in total. The van der Waals surface area contributed by atoms with Gasteiger partial charge in [0.25, 0.3) is 5.91 Å². The first kappa shape index (κ1) is 12.7. The first-order chi connectivity index (χ1) is 9.70. The highest BCUT2D eigenvalue weighted by Gasteiger charge is 2.25. The molecule has 6 nitrogen and oxygen atoms in total. The summed E-state index contributed by atoms with van der Waals surface area (Å²) in [6, 6.07) is 7.70. The van der Waals surface area contributed by atoms with Crippen LogP contribution in [-0.4, -0.2) is 58.1 Å². The summed E-state index contributed by atoms with van der Waals surface area (Å²) in [5.41, 5.74) is 1.44. The number of aryl methyl sites for hydroxylation is 1. The summed E-state index contributed by atoms with van der Waals surface area (Å²) >= 11 is 0. The Balaban J connectivity index is 1.88. The quantitative estimate of drug-likeness (QED) is 0.747. The third-order valence-electron chi connectivity index (χ3n) is 3.71. The smallest absolute Gasteiger partial charge is 0.275 e. The van der Waals surface area contributed by atoms with Gasteiger partial charge in [0.05, 0.1) is 5.52 Å². The Hall–Kier alpha value is -2.37. The van der Waals surface area contributed by atoms with Gasteiger partial charge in [0.15, 0.2) is 5.69 Å². The Morgan fingerprint density at radius 3 is 2.60 bits per heavy atom. The van der Waals surface area contributed by atoms with Gasteiger partial charge in [0.1, 0.15) is 0 Å². The predicted octanol–water partition coefficient (Wildman–Crippen LogP) is 0.488. The van der Waals surface area contributed by atoms with Gasteiger partial charge in [0.2, 0.25) is 6.41 Å². The zero-order valence-corrected chi connectivity index (χ0v) is 11.3. The molecule has 0 atom stereocenters. The molecule has 2 amide bonds. The van der Waals surface area contributed by atoms with Crippen LogP contribution < -0.4 is 0 Å². The number of para-hydroxylation sites is 1. The zero-order valence-electron chi connectivity index (χ0n) is 11.3. The molecule has 3 rings (SSSR count). The highest BCUT2D eigenvalue weighted by atomic mass is 16.2. The van der Waals surface area contributed by atoms with Gasteiger partial charge >= 0.3 is 0 Å². The molecule has 0 saturated carbocycles. The van der Waals surface area contributed by atoms with E-state index in [0.29, 0.717) is 31.9 Å². The number of hydrogen-bond donors (Lipinski definition) is 0. The zero-order chi connectivity index (χ0) is 14.1. The van der Waals surface area contributed by atoms with Crippen molar-refractivity contribution in [3.05, 3.63) is 30.0 Å². The Kier molecular flexibility index (Phi) is 3.14. The summed E-state index contributed by atoms with van der Waals surface area (Å²) in [4.78, 5) is 26.7. The van der Waals surface area contributed by atoms with E-state index in [1.165, 1.54) is 0 Å². The fourth-order valence-electron chi connectivity index (χ4n) is 2.55. The Morgan fingerprint density at radius 2 is 1.90 bits per heavy atom. The van der Waals surface area contributed by atoms with Crippen LogP contribution in [0.4, 0.5) is 0 Å². The molecule has 0 spiro atoms. The second kappa shape index (κ2) is 4.96. The van der Waals surface area contributed by atoms with Crippen LogP contribution in [0.5, 0.6) is 0 Å². The second-order valence-corrected chi connectivity index (χ2v) is 4.92. The molecular weight excluding hydrogens is 256 g/mol. The van der Waals surface area contributed by atoms with E-state index in [-0.39, 0.29) is 5.91 Å². The van der Waals surface area contributed by atoms with Gasteiger partial charge in [-0.3, -0.25) is 14.3 Å². The van der Waals surface area contributed by atoms with Crippen molar-refractivity contribution in [2.75, 3.05) is 26.2 Å². The molecular formula is C14H16N4O2. The van der Waals surface area contributed by atoms with Crippen molar-refractivity contribution in [1.29, 1.82) is 0 Å². The van der Waals surface area contributed by atoms with Crippen molar-refractivity contribution in [1.82, 2.24) is 19.6 Å². The number of rotatable bonds is 2. The fraction of sp³-hybridized carbons (Fsp3) is 0.357. The number of amides is 2. The number of piperazine rings is 1. The van der Waals surface area contributed by atoms with E-state index >= 15 is 0 Å². The molecule has 1 aromatic heterocycles. The van der Waals surface area contributed by atoms with Gasteiger partial charge in [-0.2, -0.15) is 5.10 Å². The van der Waals surface area contributed by atoms with Crippen LogP contribution in [0.25, 0.3) is 10.9 Å². The van der Waals surface area contributed by atoms with Crippen LogP contribution in [0, 0.1) is 0 Å². The number of benzene rings is 1. The lowest BCUT2D eigenvalue weighted by Crippen LogP contribution is -2.48. The maximum Gasteiger partial charge on any atom is 0.275 e. The summed E-state index contributed by atoms with van der Waals surface area (Å²) in [5, 5.41) is 5.22. The lowest BCUT2D eigenvalue weighted by Gasteiger charge is -2.32. The van der Waals surface area contributed by atoms with Gasteiger partial charge in [-0.1, -0.05) is 18.2 Å². The minimum atomic E-state index is -0.0626. The Morgan fingerprint density at radius 1 is 1.20 bits per heavy atom. The molecule has 2 aromatic rings. The highest BCUT2D eigenvalue weighted by Crippen LogP contribution is 2.19. The van der Waals surface area contributed by atoms with Crippen LogP contribution in [0.1, 0.15) is 10.5 Å². The molecule has 1 aliphatic heterocycles. The van der Waals surface area contributed by atoms with E-state index in [4.69, 9.17) is 0 Å². The SMILES string of the molecule is Cn1nc(C(=O)N2CCN(C=O)CC2)c2ccccc21. The standard InChI is InChI=1S/C14H16N4O2/c1-16-12-5-3-2-4-11(12)13(15-16)14(20)18-8-6-17(10-19)7-9-18/h2-5,10H,6-9H2,1H3. The van der Waals surface area contributed by atoms with E-state index in [1.54, 1.807) is 14.5 Å². The lowest BCUT2D eigenvalue weighted by atomic mass is 10.2. The van der Waals surface area contributed by atoms with Crippen LogP contribution in [0.2, 0.25) is 0 Å². The molecule has 20 heavy (non-hydrogen) atoms. The van der Waals surface area contributed by atoms with Crippen molar-refractivity contribution in [2.45, 2.75) is 0 Å². The van der Waals surface area contributed by atoms with Crippen molar-refractivity contribution >= 4 is 23.2 Å². The van der Waals surface area contributed by atoms with Gasteiger partial charge in [0, 0.05) is 38.6 Å². The highest BCUT2D eigenvalue weighted by molar-refractivity contribution is 6.04. The summed E-state index contributed by atoms with van der Waals surface area (Å²) in [6.07, 6.45) is 0.831. The van der Waals surface area contributed by atoms with Crippen LogP contribution in [-0.2, 0) is 11.8 Å². The largest absolute Gasteiger partial charge is 0.342 e. The predicted molar refractivity (Wildman–Crippen MR) is 74.3 cm³/mol. The van der Waals surface area contributed by atoms with E-state index in [9.17, 15) is 9.59 Å². The minimum absolute atomic E-state index is 0.0626. The molecule has 1 aromatic carbocycles. The van der Waals surface area contributed by atoms with Crippen LogP contribution in [0.15, 0.2) is 24.3 Å². The fourth-order valence-corrected chi connectivity index (χ4v) is 2.55. The van der Waals surface area contributed by atoms with Gasteiger partial charge in [-0.15, -0.1) is 0 Å². The molecule has 1 saturated heterocycles. The monoisotopic (exact) mass is 272 g/mol. The number of hydrogen-bond acceptors (Lipinski definition) is 3. The summed E-state index contributed by atoms with van der Waals surface area (Å²) in [5.74, 6) is -0.0626. The van der Waals surface area contributed by atoms with E-state index in [1.807, 2.05) is 31.3 Å². The number of carbonyl (C=O) groups is 2. The van der Waals surface area contributed by atoms with E-state index in [2.05, 4.69) is 5.10 Å². The number of fused-ring (bicyclic) bond motifs is 1. The second-order valence-electron chi connectivity index (χ2n) is 4.92. The summed E-state index contributed by atoms with van der Waals surface area (Å²) < 4.78 is 1.73. The maximum atomic E-state index is 12.6. The molecule has 0 unspecified atom stereocenters. The first-order valence-corrected chi connectivity index (χ1v) is 6.61. The van der Waals surface area contributed by atoms with Crippen molar-refractivity contribution in [3.63, 3.8) is 0 Å². The van der Waals surface area contributed by atoms with Gasteiger partial charge < -0.3 is 9.80 Å². The lowest BCUT2D eigenvalue weighted by molar-refractivity contribution is -0.119. The Labute approximate surface area is 116 Å². The molecule has 0 radical (unpaired) electrons. The van der Waals surface area contributed by atoms with Crippen LogP contribution >= 0.6 is 0 Å². The topological polar surface area (TPSA) is 58.4 Å². The molecule has 2 heterocycles.